The van der Waals surface area contributed by atoms with Crippen molar-refractivity contribution < 1.29 is 17.9 Å². The Morgan fingerprint density at radius 1 is 1.22 bits per heavy atom. The van der Waals surface area contributed by atoms with E-state index < -0.39 is 10.0 Å². The van der Waals surface area contributed by atoms with Gasteiger partial charge in [0, 0.05) is 42.2 Å². The van der Waals surface area contributed by atoms with Gasteiger partial charge in [-0.25, -0.2) is 12.7 Å². The van der Waals surface area contributed by atoms with Crippen molar-refractivity contribution in [1.29, 1.82) is 0 Å². The number of benzene rings is 1. The minimum atomic E-state index is -3.49. The van der Waals surface area contributed by atoms with E-state index in [-0.39, 0.29) is 23.7 Å². The molecule has 2 fully saturated rings. The Kier molecular flexibility index (Phi) is 7.03. The summed E-state index contributed by atoms with van der Waals surface area (Å²) in [6.07, 6.45) is 3.16. The number of halogens is 2. The summed E-state index contributed by atoms with van der Waals surface area (Å²) in [6.45, 7) is 1.97. The van der Waals surface area contributed by atoms with E-state index in [0.717, 1.165) is 19.4 Å². The third kappa shape index (κ3) is 5.57. The Bertz CT molecular complexity index is 774. The summed E-state index contributed by atoms with van der Waals surface area (Å²) in [5.41, 5.74) is 0.525. The smallest absolute Gasteiger partial charge is 0.223 e. The first kappa shape index (κ1) is 20.9. The largest absolute Gasteiger partial charge is 0.376 e. The molecule has 1 amide bonds. The molecule has 2 aliphatic rings. The zero-order valence-corrected chi connectivity index (χ0v) is 17.3. The van der Waals surface area contributed by atoms with Gasteiger partial charge in [-0.3, -0.25) is 4.79 Å². The first-order valence-electron chi connectivity index (χ1n) is 9.16. The lowest BCUT2D eigenvalue weighted by molar-refractivity contribution is -0.126. The molecular formula is C18H24Cl2N2O4S. The number of piperidine rings is 1. The van der Waals surface area contributed by atoms with E-state index in [0.29, 0.717) is 48.1 Å². The van der Waals surface area contributed by atoms with Crippen molar-refractivity contribution in [3.8, 4) is 0 Å². The Balaban J connectivity index is 1.50. The molecule has 6 nitrogen and oxygen atoms in total. The number of rotatable bonds is 6. The molecule has 2 saturated heterocycles. The van der Waals surface area contributed by atoms with Crippen molar-refractivity contribution in [3.05, 3.63) is 33.8 Å². The van der Waals surface area contributed by atoms with E-state index in [9.17, 15) is 13.2 Å². The Labute approximate surface area is 170 Å². The van der Waals surface area contributed by atoms with Crippen LogP contribution >= 0.6 is 23.2 Å². The van der Waals surface area contributed by atoms with E-state index in [2.05, 4.69) is 5.32 Å². The predicted octanol–water partition coefficient (Wildman–Crippen LogP) is 2.83. The van der Waals surface area contributed by atoms with Crippen molar-refractivity contribution in [2.75, 3.05) is 26.2 Å². The zero-order chi connectivity index (χ0) is 19.4. The fourth-order valence-corrected chi connectivity index (χ4v) is 5.64. The average Bonchev–Trinajstić information content (AvgIpc) is 3.16. The molecule has 2 aliphatic heterocycles. The van der Waals surface area contributed by atoms with Gasteiger partial charge in [-0.15, -0.1) is 0 Å². The highest BCUT2D eigenvalue weighted by molar-refractivity contribution is 7.88. The number of carbonyl (C=O) groups excluding carboxylic acids is 1. The van der Waals surface area contributed by atoms with Crippen molar-refractivity contribution in [2.45, 2.75) is 37.5 Å². The molecule has 2 heterocycles. The number of carbonyl (C=O) groups is 1. The van der Waals surface area contributed by atoms with Crippen LogP contribution in [0.3, 0.4) is 0 Å². The van der Waals surface area contributed by atoms with Gasteiger partial charge in [0.15, 0.2) is 0 Å². The lowest BCUT2D eigenvalue weighted by atomic mass is 9.97. The summed E-state index contributed by atoms with van der Waals surface area (Å²) in [5, 5.41) is 3.75. The molecule has 0 aromatic heterocycles. The summed E-state index contributed by atoms with van der Waals surface area (Å²) in [4.78, 5) is 12.3. The normalized spacial score (nSPS) is 22.1. The standard InChI is InChI=1S/C18H24Cl2N2O4S/c19-15-4-3-14(17(20)10-15)12-27(24,25)22-7-5-13(6-8-22)18(23)21-11-16-2-1-9-26-16/h3-4,10,13,16H,1-2,5-9,11-12H2,(H,21,23)/t16-/m0/s1. The molecule has 0 bridgehead atoms. The van der Waals surface area contributed by atoms with Gasteiger partial charge in [0.05, 0.1) is 11.9 Å². The monoisotopic (exact) mass is 434 g/mol. The number of sulfonamides is 1. The van der Waals surface area contributed by atoms with Crippen LogP contribution in [-0.4, -0.2) is 51.0 Å². The van der Waals surface area contributed by atoms with E-state index in [4.69, 9.17) is 27.9 Å². The molecule has 0 spiro atoms. The van der Waals surface area contributed by atoms with Gasteiger partial charge in [-0.1, -0.05) is 29.3 Å². The molecule has 1 atom stereocenters. The maximum atomic E-state index is 12.7. The van der Waals surface area contributed by atoms with Gasteiger partial charge < -0.3 is 10.1 Å². The second-order valence-electron chi connectivity index (χ2n) is 7.05. The van der Waals surface area contributed by atoms with Crippen molar-refractivity contribution in [1.82, 2.24) is 9.62 Å². The highest BCUT2D eigenvalue weighted by Gasteiger charge is 2.31. The average molecular weight is 435 g/mol. The molecular weight excluding hydrogens is 411 g/mol. The summed E-state index contributed by atoms with van der Waals surface area (Å²) < 4.78 is 32.3. The van der Waals surface area contributed by atoms with E-state index in [1.165, 1.54) is 4.31 Å². The van der Waals surface area contributed by atoms with Crippen LogP contribution < -0.4 is 5.32 Å². The lowest BCUT2D eigenvalue weighted by Gasteiger charge is -2.30. The minimum Gasteiger partial charge on any atom is -0.376 e. The molecule has 9 heteroatoms. The van der Waals surface area contributed by atoms with Crippen LogP contribution in [0.1, 0.15) is 31.2 Å². The van der Waals surface area contributed by atoms with Crippen molar-refractivity contribution in [3.63, 3.8) is 0 Å². The highest BCUT2D eigenvalue weighted by Crippen LogP contribution is 2.26. The Morgan fingerprint density at radius 3 is 2.59 bits per heavy atom. The van der Waals surface area contributed by atoms with Gasteiger partial charge >= 0.3 is 0 Å². The zero-order valence-electron chi connectivity index (χ0n) is 15.0. The molecule has 150 valence electrons. The quantitative estimate of drug-likeness (QED) is 0.746. The van der Waals surface area contributed by atoms with Crippen LogP contribution in [0.15, 0.2) is 18.2 Å². The predicted molar refractivity (Wildman–Crippen MR) is 105 cm³/mol. The Morgan fingerprint density at radius 2 is 1.96 bits per heavy atom. The van der Waals surface area contributed by atoms with Gasteiger partial charge in [-0.05, 0) is 43.4 Å². The fraction of sp³-hybridized carbons (Fsp3) is 0.611. The fourth-order valence-electron chi connectivity index (χ4n) is 3.49. The number of hydrogen-bond donors (Lipinski definition) is 1. The molecule has 0 unspecified atom stereocenters. The topological polar surface area (TPSA) is 75.7 Å². The first-order valence-corrected chi connectivity index (χ1v) is 11.5. The second-order valence-corrected chi connectivity index (χ2v) is 9.86. The molecule has 0 radical (unpaired) electrons. The molecule has 0 saturated carbocycles. The Hall–Kier alpha value is -0.860. The number of nitrogens with zero attached hydrogens (tertiary/aromatic N) is 1. The second kappa shape index (κ2) is 9.09. The summed E-state index contributed by atoms with van der Waals surface area (Å²) in [6, 6.07) is 4.80. The van der Waals surface area contributed by atoms with Gasteiger partial charge in [0.1, 0.15) is 0 Å². The van der Waals surface area contributed by atoms with Gasteiger partial charge in [0.25, 0.3) is 0 Å². The summed E-state index contributed by atoms with van der Waals surface area (Å²) in [7, 11) is -3.49. The molecule has 1 aromatic rings. The van der Waals surface area contributed by atoms with E-state index in [1.807, 2.05) is 0 Å². The number of nitrogens with one attached hydrogen (secondary N) is 1. The minimum absolute atomic E-state index is 0.0108. The van der Waals surface area contributed by atoms with E-state index in [1.54, 1.807) is 18.2 Å². The number of hydrogen-bond acceptors (Lipinski definition) is 4. The van der Waals surface area contributed by atoms with Crippen LogP contribution in [0.2, 0.25) is 10.0 Å². The highest BCUT2D eigenvalue weighted by atomic mass is 35.5. The van der Waals surface area contributed by atoms with Crippen LogP contribution in [0.25, 0.3) is 0 Å². The summed E-state index contributed by atoms with van der Waals surface area (Å²) >= 11 is 12.0. The molecule has 1 N–H and O–H groups in total. The molecule has 3 rings (SSSR count). The van der Waals surface area contributed by atoms with Gasteiger partial charge in [0.2, 0.25) is 15.9 Å². The third-order valence-corrected chi connectivity index (χ3v) is 7.51. The molecule has 1 aromatic carbocycles. The van der Waals surface area contributed by atoms with Gasteiger partial charge in [-0.2, -0.15) is 0 Å². The maximum absolute atomic E-state index is 12.7. The maximum Gasteiger partial charge on any atom is 0.223 e. The lowest BCUT2D eigenvalue weighted by Crippen LogP contribution is -2.44. The number of amides is 1. The van der Waals surface area contributed by atoms with Crippen LogP contribution in [0, 0.1) is 5.92 Å². The van der Waals surface area contributed by atoms with E-state index >= 15 is 0 Å². The number of ether oxygens (including phenoxy) is 1. The summed E-state index contributed by atoms with van der Waals surface area (Å²) in [5.74, 6) is -0.334. The van der Waals surface area contributed by atoms with Crippen molar-refractivity contribution in [2.24, 2.45) is 5.92 Å². The van der Waals surface area contributed by atoms with Crippen molar-refractivity contribution >= 4 is 39.1 Å². The van der Waals surface area contributed by atoms with Crippen LogP contribution in [0.4, 0.5) is 0 Å². The SMILES string of the molecule is O=C(NC[C@@H]1CCCO1)C1CCN(S(=O)(=O)Cc2ccc(Cl)cc2Cl)CC1. The van der Waals surface area contributed by atoms with Crippen LogP contribution in [-0.2, 0) is 25.3 Å². The molecule has 0 aliphatic carbocycles. The molecule has 27 heavy (non-hydrogen) atoms. The first-order chi connectivity index (χ1) is 12.8. The third-order valence-electron chi connectivity index (χ3n) is 5.10. The van der Waals surface area contributed by atoms with Crippen LogP contribution in [0.5, 0.6) is 0 Å².